The summed E-state index contributed by atoms with van der Waals surface area (Å²) in [4.78, 5) is 18.5. The van der Waals surface area contributed by atoms with Gasteiger partial charge < -0.3 is 0 Å². The van der Waals surface area contributed by atoms with Gasteiger partial charge in [0.05, 0.1) is 11.3 Å². The lowest BCUT2D eigenvalue weighted by molar-refractivity contribution is 0.0705. The van der Waals surface area contributed by atoms with Gasteiger partial charge in [0.1, 0.15) is 0 Å². The summed E-state index contributed by atoms with van der Waals surface area (Å²) in [6.07, 6.45) is 7.92. The fourth-order valence-electron chi connectivity index (χ4n) is 4.36. The molecular formula is C19H29N3O2. The Kier molecular flexibility index (Phi) is 5.51. The van der Waals surface area contributed by atoms with Gasteiger partial charge in [-0.15, -0.1) is 0 Å². The fourth-order valence-corrected chi connectivity index (χ4v) is 4.36. The number of pyridine rings is 1. The zero-order chi connectivity index (χ0) is 17.1. The van der Waals surface area contributed by atoms with E-state index >= 15 is 0 Å². The zero-order valence-electron chi connectivity index (χ0n) is 14.8. The van der Waals surface area contributed by atoms with Gasteiger partial charge in [0.15, 0.2) is 0 Å². The number of nitrogens with zero attached hydrogens (tertiary/aromatic N) is 2. The number of carbonyl (C=O) groups excluding carboxylic acids is 1. The molecule has 2 aliphatic rings. The Hall–Kier alpha value is -1.46. The Balaban J connectivity index is 1.63. The highest BCUT2D eigenvalue weighted by atomic mass is 16.5. The maximum Gasteiger partial charge on any atom is 0.276 e. The lowest BCUT2D eigenvalue weighted by Crippen LogP contribution is -2.36. The van der Waals surface area contributed by atoms with Crippen LogP contribution in [0.15, 0.2) is 12.3 Å². The van der Waals surface area contributed by atoms with E-state index in [-0.39, 0.29) is 0 Å². The third-order valence-electron chi connectivity index (χ3n) is 5.63. The molecule has 5 heteroatoms. The van der Waals surface area contributed by atoms with Crippen LogP contribution in [0.2, 0.25) is 0 Å². The van der Waals surface area contributed by atoms with Crippen molar-refractivity contribution in [1.29, 1.82) is 0 Å². The van der Waals surface area contributed by atoms with Gasteiger partial charge in [-0.2, -0.15) is 0 Å². The van der Waals surface area contributed by atoms with Crippen molar-refractivity contribution in [2.24, 2.45) is 17.8 Å². The van der Waals surface area contributed by atoms with E-state index in [1.54, 1.807) is 11.7 Å². The van der Waals surface area contributed by atoms with E-state index in [0.29, 0.717) is 5.56 Å². The fraction of sp³-hybridized carbons (Fsp3) is 0.684. The van der Waals surface area contributed by atoms with Crippen LogP contribution < -0.4 is 5.48 Å². The molecule has 1 amide bonds. The van der Waals surface area contributed by atoms with E-state index in [1.165, 1.54) is 25.7 Å². The first-order valence-electron chi connectivity index (χ1n) is 9.19. The van der Waals surface area contributed by atoms with E-state index in [9.17, 15) is 4.79 Å². The van der Waals surface area contributed by atoms with Gasteiger partial charge in [0, 0.05) is 25.8 Å². The molecule has 3 rings (SSSR count). The molecule has 2 N–H and O–H groups in total. The monoisotopic (exact) mass is 331 g/mol. The average molecular weight is 331 g/mol. The molecule has 2 atom stereocenters. The highest BCUT2D eigenvalue weighted by Crippen LogP contribution is 2.32. The smallest absolute Gasteiger partial charge is 0.276 e. The lowest BCUT2D eigenvalue weighted by Gasteiger charge is -2.32. The first-order valence-corrected chi connectivity index (χ1v) is 9.19. The molecular weight excluding hydrogens is 302 g/mol. The van der Waals surface area contributed by atoms with Gasteiger partial charge in [-0.05, 0) is 48.6 Å². The molecule has 1 fully saturated rings. The quantitative estimate of drug-likeness (QED) is 0.508. The Bertz CT molecular complexity index is 578. The van der Waals surface area contributed by atoms with Gasteiger partial charge in [0.2, 0.25) is 0 Å². The molecule has 1 aromatic rings. The molecule has 1 aliphatic heterocycles. The van der Waals surface area contributed by atoms with Crippen LogP contribution >= 0.6 is 0 Å². The number of nitrogens with one attached hydrogen (secondary N) is 1. The second-order valence-electron chi connectivity index (χ2n) is 7.88. The van der Waals surface area contributed by atoms with Crippen molar-refractivity contribution >= 4 is 5.91 Å². The normalized spacial score (nSPS) is 28.0. The topological polar surface area (TPSA) is 65.5 Å². The van der Waals surface area contributed by atoms with E-state index in [1.807, 2.05) is 6.07 Å². The highest BCUT2D eigenvalue weighted by Gasteiger charge is 2.26. The summed E-state index contributed by atoms with van der Waals surface area (Å²) < 4.78 is 0. The molecule has 0 radical (unpaired) electrons. The second kappa shape index (κ2) is 7.62. The maximum atomic E-state index is 11.5. The Morgan fingerprint density at radius 2 is 2.04 bits per heavy atom. The van der Waals surface area contributed by atoms with Crippen molar-refractivity contribution < 1.29 is 10.0 Å². The zero-order valence-corrected chi connectivity index (χ0v) is 14.8. The van der Waals surface area contributed by atoms with Crippen LogP contribution in [0.25, 0.3) is 0 Å². The summed E-state index contributed by atoms with van der Waals surface area (Å²) in [6, 6.07) is 1.86. The molecule has 0 saturated heterocycles. The predicted molar refractivity (Wildman–Crippen MR) is 92.8 cm³/mol. The van der Waals surface area contributed by atoms with Crippen LogP contribution in [0, 0.1) is 17.8 Å². The predicted octanol–water partition coefficient (Wildman–Crippen LogP) is 3.02. The van der Waals surface area contributed by atoms with Crippen LogP contribution in [0.3, 0.4) is 0 Å². The van der Waals surface area contributed by atoms with Gasteiger partial charge in [-0.3, -0.25) is 19.9 Å². The number of fused-ring (bicyclic) bond motifs is 1. The number of amides is 1. The van der Waals surface area contributed by atoms with Gasteiger partial charge >= 0.3 is 0 Å². The molecule has 1 aliphatic carbocycles. The molecule has 0 aromatic carbocycles. The van der Waals surface area contributed by atoms with Gasteiger partial charge in [0.25, 0.3) is 5.91 Å². The summed E-state index contributed by atoms with van der Waals surface area (Å²) in [5.74, 6) is 1.98. The maximum absolute atomic E-state index is 11.5. The van der Waals surface area contributed by atoms with Crippen molar-refractivity contribution in [3.8, 4) is 0 Å². The molecule has 24 heavy (non-hydrogen) atoms. The van der Waals surface area contributed by atoms with Crippen LogP contribution in [0.5, 0.6) is 0 Å². The van der Waals surface area contributed by atoms with Crippen LogP contribution in [-0.2, 0) is 13.0 Å². The Morgan fingerprint density at radius 1 is 1.33 bits per heavy atom. The average Bonchev–Trinajstić information content (AvgIpc) is 2.74. The van der Waals surface area contributed by atoms with Crippen molar-refractivity contribution in [2.75, 3.05) is 13.1 Å². The molecule has 0 bridgehead atoms. The van der Waals surface area contributed by atoms with Gasteiger partial charge in [-0.25, -0.2) is 5.48 Å². The van der Waals surface area contributed by atoms with Crippen molar-refractivity contribution in [1.82, 2.24) is 15.4 Å². The minimum absolute atomic E-state index is 0.427. The minimum Gasteiger partial charge on any atom is -0.297 e. The summed E-state index contributed by atoms with van der Waals surface area (Å²) in [5, 5.41) is 8.75. The Morgan fingerprint density at radius 3 is 2.71 bits per heavy atom. The summed E-state index contributed by atoms with van der Waals surface area (Å²) in [6.45, 7) is 7.85. The number of hydrogen-bond donors (Lipinski definition) is 2. The molecule has 1 aromatic heterocycles. The van der Waals surface area contributed by atoms with E-state index in [2.05, 4.69) is 23.7 Å². The number of carbonyl (C=O) groups is 1. The SMILES string of the molecule is CC1CCC(C)CC(CN2CCc3cc(C(=O)NO)cnc3C2)C1. The number of rotatable bonds is 3. The van der Waals surface area contributed by atoms with E-state index in [0.717, 1.165) is 55.1 Å². The number of hydroxylamine groups is 1. The lowest BCUT2D eigenvalue weighted by atomic mass is 9.91. The first kappa shape index (κ1) is 17.4. The third-order valence-corrected chi connectivity index (χ3v) is 5.63. The number of hydrogen-bond acceptors (Lipinski definition) is 4. The van der Waals surface area contributed by atoms with Crippen LogP contribution in [-0.4, -0.2) is 34.1 Å². The van der Waals surface area contributed by atoms with Crippen molar-refractivity contribution in [3.05, 3.63) is 29.1 Å². The molecule has 5 nitrogen and oxygen atoms in total. The largest absolute Gasteiger partial charge is 0.297 e. The van der Waals surface area contributed by atoms with Crippen LogP contribution in [0.1, 0.15) is 61.1 Å². The third kappa shape index (κ3) is 4.14. The molecule has 2 unspecified atom stereocenters. The summed E-state index contributed by atoms with van der Waals surface area (Å²) in [7, 11) is 0. The van der Waals surface area contributed by atoms with E-state index in [4.69, 9.17) is 5.21 Å². The first-order chi connectivity index (χ1) is 11.5. The minimum atomic E-state index is -0.492. The summed E-state index contributed by atoms with van der Waals surface area (Å²) in [5.41, 5.74) is 4.31. The molecule has 1 saturated carbocycles. The molecule has 132 valence electrons. The van der Waals surface area contributed by atoms with Crippen molar-refractivity contribution in [2.45, 2.75) is 52.5 Å². The second-order valence-corrected chi connectivity index (χ2v) is 7.88. The van der Waals surface area contributed by atoms with E-state index < -0.39 is 5.91 Å². The molecule has 2 heterocycles. The van der Waals surface area contributed by atoms with Gasteiger partial charge in [-0.1, -0.05) is 26.7 Å². The summed E-state index contributed by atoms with van der Waals surface area (Å²) >= 11 is 0. The van der Waals surface area contributed by atoms with Crippen LogP contribution in [0.4, 0.5) is 0 Å². The number of aromatic nitrogens is 1. The van der Waals surface area contributed by atoms with Crippen molar-refractivity contribution in [3.63, 3.8) is 0 Å². The Labute approximate surface area is 144 Å². The highest BCUT2D eigenvalue weighted by molar-refractivity contribution is 5.93. The molecule has 0 spiro atoms. The standard InChI is InChI=1S/C19H29N3O2/c1-13-3-4-14(2)8-15(7-13)11-22-6-5-16-9-17(19(23)21-24)10-20-18(16)12-22/h9-10,13-15,24H,3-8,11-12H2,1-2H3,(H,21,23).